The molecule has 3 aromatic rings. The minimum atomic E-state index is 0.494. The molecule has 1 aromatic carbocycles. The largest absolute Gasteiger partial charge is 0.316 e. The highest BCUT2D eigenvalue weighted by atomic mass is 35.5. The number of hydrogen-bond donors (Lipinski definition) is 1. The van der Waals surface area contributed by atoms with Crippen LogP contribution in [0.5, 0.6) is 0 Å². The van der Waals surface area contributed by atoms with Crippen LogP contribution in [0.1, 0.15) is 28.3 Å². The summed E-state index contributed by atoms with van der Waals surface area (Å²) in [5.74, 6) is 0.494. The van der Waals surface area contributed by atoms with Gasteiger partial charge >= 0.3 is 0 Å². The van der Waals surface area contributed by atoms with Crippen molar-refractivity contribution in [2.24, 2.45) is 5.10 Å². The molecule has 0 saturated carbocycles. The molecule has 0 atom stereocenters. The summed E-state index contributed by atoms with van der Waals surface area (Å²) in [4.78, 5) is 8.62. The topological polar surface area (TPSA) is 55.1 Å². The van der Waals surface area contributed by atoms with Gasteiger partial charge in [-0.25, -0.2) is 15.4 Å². The van der Waals surface area contributed by atoms with Gasteiger partial charge in [0.1, 0.15) is 0 Å². The highest BCUT2D eigenvalue weighted by Crippen LogP contribution is 2.25. The van der Waals surface area contributed by atoms with Crippen LogP contribution in [0, 0.1) is 27.7 Å². The molecule has 0 bridgehead atoms. The molecule has 2 heterocycles. The molecule has 5 nitrogen and oxygen atoms in total. The van der Waals surface area contributed by atoms with Gasteiger partial charge < -0.3 is 4.57 Å². The highest BCUT2D eigenvalue weighted by Gasteiger charge is 2.11. The molecule has 1 N–H and O–H groups in total. The predicted molar refractivity (Wildman–Crippen MR) is 103 cm³/mol. The zero-order valence-electron chi connectivity index (χ0n) is 14.7. The molecule has 0 aliphatic carbocycles. The molecule has 0 fully saturated rings. The molecule has 0 radical (unpaired) electrons. The Labute approximate surface area is 152 Å². The van der Waals surface area contributed by atoms with E-state index in [-0.39, 0.29) is 0 Å². The SMILES string of the molecule is Cc1cc(C)nc(NN=Cc2cc(C)n(-c3ccccc3Cl)c2C)n1. The normalized spacial score (nSPS) is 11.2. The average molecular weight is 354 g/mol. The fraction of sp³-hybridized carbons (Fsp3) is 0.211. The van der Waals surface area contributed by atoms with Gasteiger partial charge in [-0.15, -0.1) is 0 Å². The maximum absolute atomic E-state index is 6.34. The van der Waals surface area contributed by atoms with Gasteiger partial charge in [0.25, 0.3) is 0 Å². The number of hydrogen-bond acceptors (Lipinski definition) is 4. The summed E-state index contributed by atoms with van der Waals surface area (Å²) < 4.78 is 2.12. The van der Waals surface area contributed by atoms with Crippen LogP contribution in [0.3, 0.4) is 0 Å². The number of hydrazone groups is 1. The van der Waals surface area contributed by atoms with E-state index in [1.807, 2.05) is 58.0 Å². The van der Waals surface area contributed by atoms with Crippen molar-refractivity contribution >= 4 is 23.8 Å². The van der Waals surface area contributed by atoms with Crippen molar-refractivity contribution in [3.05, 3.63) is 69.8 Å². The summed E-state index contributed by atoms with van der Waals surface area (Å²) in [6.45, 7) is 7.96. The zero-order valence-corrected chi connectivity index (χ0v) is 15.5. The minimum Gasteiger partial charge on any atom is -0.316 e. The predicted octanol–water partition coefficient (Wildman–Crippen LogP) is 4.60. The van der Waals surface area contributed by atoms with E-state index in [2.05, 4.69) is 31.1 Å². The van der Waals surface area contributed by atoms with E-state index in [4.69, 9.17) is 11.6 Å². The van der Waals surface area contributed by atoms with Crippen LogP contribution in [-0.2, 0) is 0 Å². The molecule has 25 heavy (non-hydrogen) atoms. The van der Waals surface area contributed by atoms with Crippen LogP contribution in [-0.4, -0.2) is 20.7 Å². The fourth-order valence-electron chi connectivity index (χ4n) is 2.86. The van der Waals surface area contributed by atoms with Crippen molar-refractivity contribution in [3.63, 3.8) is 0 Å². The van der Waals surface area contributed by atoms with Crippen LogP contribution in [0.4, 0.5) is 5.95 Å². The Balaban J connectivity index is 1.87. The zero-order chi connectivity index (χ0) is 18.0. The van der Waals surface area contributed by atoms with Gasteiger partial charge in [-0.05, 0) is 52.0 Å². The molecule has 3 rings (SSSR count). The second-order valence-electron chi connectivity index (χ2n) is 5.96. The minimum absolute atomic E-state index is 0.494. The smallest absolute Gasteiger partial charge is 0.243 e. The molecule has 6 heteroatoms. The van der Waals surface area contributed by atoms with Crippen molar-refractivity contribution in [1.29, 1.82) is 0 Å². The molecule has 0 spiro atoms. The average Bonchev–Trinajstić information content (AvgIpc) is 2.81. The molecule has 0 unspecified atom stereocenters. The number of nitrogens with one attached hydrogen (secondary N) is 1. The van der Waals surface area contributed by atoms with Crippen LogP contribution >= 0.6 is 11.6 Å². The first kappa shape index (κ1) is 17.2. The van der Waals surface area contributed by atoms with Gasteiger partial charge in [-0.2, -0.15) is 5.10 Å². The van der Waals surface area contributed by atoms with Crippen LogP contribution in [0.25, 0.3) is 5.69 Å². The molecular formula is C19H20ClN5. The number of aryl methyl sites for hydroxylation is 3. The van der Waals surface area contributed by atoms with E-state index in [9.17, 15) is 0 Å². The molecule has 0 saturated heterocycles. The third-order valence-corrected chi connectivity index (χ3v) is 4.23. The van der Waals surface area contributed by atoms with E-state index in [0.29, 0.717) is 5.95 Å². The third-order valence-electron chi connectivity index (χ3n) is 3.91. The van der Waals surface area contributed by atoms with Crippen LogP contribution in [0.15, 0.2) is 41.5 Å². The van der Waals surface area contributed by atoms with Crippen molar-refractivity contribution in [2.45, 2.75) is 27.7 Å². The van der Waals surface area contributed by atoms with Gasteiger partial charge in [0.05, 0.1) is 16.9 Å². The van der Waals surface area contributed by atoms with Gasteiger partial charge in [-0.3, -0.25) is 0 Å². The lowest BCUT2D eigenvalue weighted by Crippen LogP contribution is -2.01. The molecule has 0 amide bonds. The van der Waals surface area contributed by atoms with Crippen LogP contribution < -0.4 is 5.43 Å². The number of para-hydroxylation sites is 1. The molecule has 0 aliphatic heterocycles. The fourth-order valence-corrected chi connectivity index (χ4v) is 3.08. The van der Waals surface area contributed by atoms with Gasteiger partial charge in [0, 0.05) is 28.3 Å². The molecular weight excluding hydrogens is 334 g/mol. The summed E-state index contributed by atoms with van der Waals surface area (Å²) >= 11 is 6.34. The number of halogens is 1. The molecule has 128 valence electrons. The van der Waals surface area contributed by atoms with E-state index in [1.54, 1.807) is 6.21 Å². The Hall–Kier alpha value is -2.66. The van der Waals surface area contributed by atoms with Crippen LogP contribution in [0.2, 0.25) is 5.02 Å². The van der Waals surface area contributed by atoms with Crippen molar-refractivity contribution in [1.82, 2.24) is 14.5 Å². The van der Waals surface area contributed by atoms with Crippen molar-refractivity contribution in [2.75, 3.05) is 5.43 Å². The maximum atomic E-state index is 6.34. The molecule has 2 aromatic heterocycles. The molecule has 0 aliphatic rings. The lowest BCUT2D eigenvalue weighted by Gasteiger charge is -2.11. The van der Waals surface area contributed by atoms with E-state index < -0.39 is 0 Å². The lowest BCUT2D eigenvalue weighted by atomic mass is 10.2. The summed E-state index contributed by atoms with van der Waals surface area (Å²) in [7, 11) is 0. The Bertz CT molecular complexity index is 923. The van der Waals surface area contributed by atoms with E-state index in [0.717, 1.165) is 39.0 Å². The van der Waals surface area contributed by atoms with Crippen molar-refractivity contribution in [3.8, 4) is 5.69 Å². The Kier molecular flexibility index (Phi) is 4.86. The van der Waals surface area contributed by atoms with Crippen molar-refractivity contribution < 1.29 is 0 Å². The standard InChI is InChI=1S/C19H20ClN5/c1-12-9-13(2)23-19(22-12)24-21-11-16-10-14(3)25(15(16)4)18-8-6-5-7-17(18)20/h5-11H,1-4H3,(H,22,23,24). The monoisotopic (exact) mass is 353 g/mol. The Morgan fingerprint density at radius 2 is 1.72 bits per heavy atom. The summed E-state index contributed by atoms with van der Waals surface area (Å²) in [6, 6.07) is 11.8. The number of anilines is 1. The summed E-state index contributed by atoms with van der Waals surface area (Å²) in [5.41, 5.74) is 8.83. The highest BCUT2D eigenvalue weighted by molar-refractivity contribution is 6.32. The van der Waals surface area contributed by atoms with Gasteiger partial charge in [-0.1, -0.05) is 23.7 Å². The lowest BCUT2D eigenvalue weighted by molar-refractivity contribution is 0.965. The summed E-state index contributed by atoms with van der Waals surface area (Å²) in [5, 5.41) is 5.00. The number of aromatic nitrogens is 3. The third kappa shape index (κ3) is 3.72. The first-order valence-electron chi connectivity index (χ1n) is 8.01. The van der Waals surface area contributed by atoms with Gasteiger partial charge in [0.15, 0.2) is 0 Å². The number of benzene rings is 1. The first-order chi connectivity index (χ1) is 12.0. The quantitative estimate of drug-likeness (QED) is 0.551. The second-order valence-corrected chi connectivity index (χ2v) is 6.36. The van der Waals surface area contributed by atoms with E-state index in [1.165, 1.54) is 0 Å². The first-order valence-corrected chi connectivity index (χ1v) is 8.38. The Morgan fingerprint density at radius 1 is 1.04 bits per heavy atom. The second kappa shape index (κ2) is 7.07. The van der Waals surface area contributed by atoms with E-state index >= 15 is 0 Å². The number of nitrogens with zero attached hydrogens (tertiary/aromatic N) is 4. The Morgan fingerprint density at radius 3 is 2.40 bits per heavy atom. The summed E-state index contributed by atoms with van der Waals surface area (Å²) in [6.07, 6.45) is 1.77. The number of rotatable bonds is 4. The maximum Gasteiger partial charge on any atom is 0.243 e. The van der Waals surface area contributed by atoms with Gasteiger partial charge in [0.2, 0.25) is 5.95 Å².